The van der Waals surface area contributed by atoms with Gasteiger partial charge < -0.3 is 20.1 Å². The van der Waals surface area contributed by atoms with Crippen molar-refractivity contribution in [2.24, 2.45) is 5.92 Å². The highest BCUT2D eigenvalue weighted by atomic mass is 35.5. The van der Waals surface area contributed by atoms with E-state index in [-0.39, 0.29) is 47.9 Å². The van der Waals surface area contributed by atoms with E-state index in [4.69, 9.17) is 0 Å². The van der Waals surface area contributed by atoms with Gasteiger partial charge >= 0.3 is 0 Å². The number of aryl methyl sites for hydroxylation is 1. The van der Waals surface area contributed by atoms with Crippen LogP contribution in [0.5, 0.6) is 0 Å². The predicted molar refractivity (Wildman–Crippen MR) is 130 cm³/mol. The second-order valence-corrected chi connectivity index (χ2v) is 8.33. The molecule has 1 unspecified atom stereocenters. The minimum Gasteiger partial charge on any atom is -0.349 e. The molecule has 10 heteroatoms. The van der Waals surface area contributed by atoms with Crippen molar-refractivity contribution in [1.82, 2.24) is 25.2 Å². The molecule has 2 aromatic rings. The summed E-state index contributed by atoms with van der Waals surface area (Å²) in [6.07, 6.45) is 9.15. The molecular formula is C22H32Cl2N6O2. The fraction of sp³-hybridized carbons (Fsp3) is 0.545. The van der Waals surface area contributed by atoms with Crippen LogP contribution in [0.25, 0.3) is 0 Å². The number of nitrogens with one attached hydrogen (secondary N) is 2. The first-order chi connectivity index (χ1) is 14.6. The highest BCUT2D eigenvalue weighted by molar-refractivity contribution is 5.95. The number of piperidine rings is 2. The van der Waals surface area contributed by atoms with Crippen molar-refractivity contribution in [2.45, 2.75) is 45.2 Å². The average Bonchev–Trinajstić information content (AvgIpc) is 2.78. The summed E-state index contributed by atoms with van der Waals surface area (Å²) in [5, 5.41) is 6.47. The Hall–Kier alpha value is -2.16. The topological polar surface area (TPSA) is 92.2 Å². The van der Waals surface area contributed by atoms with Gasteiger partial charge in [-0.05, 0) is 69.3 Å². The number of pyridine rings is 1. The van der Waals surface area contributed by atoms with E-state index in [1.54, 1.807) is 23.0 Å². The Bertz CT molecular complexity index is 926. The number of halogens is 2. The Kier molecular flexibility index (Phi) is 9.93. The van der Waals surface area contributed by atoms with Crippen molar-refractivity contribution in [3.8, 4) is 0 Å². The largest absolute Gasteiger partial charge is 0.349 e. The van der Waals surface area contributed by atoms with Crippen LogP contribution in [0, 0.1) is 12.8 Å². The number of aromatic nitrogens is 3. The van der Waals surface area contributed by atoms with Gasteiger partial charge in [-0.2, -0.15) is 0 Å². The Morgan fingerprint density at radius 1 is 1.19 bits per heavy atom. The second-order valence-electron chi connectivity index (χ2n) is 8.33. The summed E-state index contributed by atoms with van der Waals surface area (Å²) in [7, 11) is 0. The molecule has 1 atom stereocenters. The number of hydrogen-bond acceptors (Lipinski definition) is 6. The van der Waals surface area contributed by atoms with Crippen LogP contribution in [0.2, 0.25) is 0 Å². The average molecular weight is 483 g/mol. The third-order valence-electron chi connectivity index (χ3n) is 6.12. The maximum Gasteiger partial charge on any atom is 0.263 e. The van der Waals surface area contributed by atoms with E-state index < -0.39 is 0 Å². The second kappa shape index (κ2) is 12.2. The van der Waals surface area contributed by atoms with E-state index in [0.29, 0.717) is 12.5 Å². The number of hydrogen-bond donors (Lipinski definition) is 2. The number of anilines is 1. The van der Waals surface area contributed by atoms with Crippen LogP contribution in [0.3, 0.4) is 0 Å². The fourth-order valence-corrected chi connectivity index (χ4v) is 4.38. The van der Waals surface area contributed by atoms with E-state index in [1.807, 2.05) is 19.2 Å². The molecule has 0 aliphatic carbocycles. The molecule has 2 aliphatic heterocycles. The lowest BCUT2D eigenvalue weighted by Gasteiger charge is -2.32. The Morgan fingerprint density at radius 2 is 1.91 bits per heavy atom. The molecule has 4 rings (SSSR count). The first kappa shape index (κ1) is 26.1. The molecule has 0 aromatic carbocycles. The SMILES string of the molecule is Cc1ccn(CC2CCCNC2)c(=O)c1C(=O)NC1CCN(c2ncccn2)CC1.Cl.Cl. The Labute approximate surface area is 201 Å². The van der Waals surface area contributed by atoms with Gasteiger partial charge in [0.05, 0.1) is 0 Å². The zero-order chi connectivity index (χ0) is 20.9. The first-order valence-electron chi connectivity index (χ1n) is 10.9. The van der Waals surface area contributed by atoms with Crippen molar-refractivity contribution in [3.63, 3.8) is 0 Å². The predicted octanol–water partition coefficient (Wildman–Crippen LogP) is 2.19. The number of carbonyl (C=O) groups excluding carboxylic acids is 1. The summed E-state index contributed by atoms with van der Waals surface area (Å²) in [4.78, 5) is 36.7. The zero-order valence-corrected chi connectivity index (χ0v) is 20.0. The maximum absolute atomic E-state index is 13.0. The van der Waals surface area contributed by atoms with Crippen LogP contribution < -0.4 is 21.1 Å². The summed E-state index contributed by atoms with van der Waals surface area (Å²) < 4.78 is 1.70. The summed E-state index contributed by atoms with van der Waals surface area (Å²) in [6, 6.07) is 3.73. The molecule has 2 aromatic heterocycles. The molecule has 0 bridgehead atoms. The molecular weight excluding hydrogens is 451 g/mol. The third kappa shape index (κ3) is 6.21. The molecule has 2 aliphatic rings. The Balaban J connectivity index is 0.00000181. The highest BCUT2D eigenvalue weighted by Gasteiger charge is 2.25. The van der Waals surface area contributed by atoms with E-state index in [1.165, 1.54) is 0 Å². The van der Waals surface area contributed by atoms with Crippen LogP contribution in [0.1, 0.15) is 41.6 Å². The minimum absolute atomic E-state index is 0. The van der Waals surface area contributed by atoms with Crippen LogP contribution >= 0.6 is 24.8 Å². The van der Waals surface area contributed by atoms with Gasteiger partial charge in [0, 0.05) is 44.3 Å². The molecule has 1 amide bonds. The summed E-state index contributed by atoms with van der Waals surface area (Å²) in [5.74, 6) is 0.892. The van der Waals surface area contributed by atoms with Gasteiger partial charge in [0.1, 0.15) is 5.56 Å². The normalized spacial score (nSPS) is 18.9. The van der Waals surface area contributed by atoms with E-state index in [0.717, 1.165) is 63.4 Å². The summed E-state index contributed by atoms with van der Waals surface area (Å²) in [5.41, 5.74) is 0.814. The molecule has 0 radical (unpaired) electrons. The van der Waals surface area contributed by atoms with Gasteiger partial charge in [-0.3, -0.25) is 9.59 Å². The lowest BCUT2D eigenvalue weighted by Crippen LogP contribution is -2.46. The number of carbonyl (C=O) groups is 1. The molecule has 176 valence electrons. The van der Waals surface area contributed by atoms with Crippen molar-refractivity contribution >= 4 is 36.7 Å². The van der Waals surface area contributed by atoms with Crippen molar-refractivity contribution in [3.05, 3.63) is 52.2 Å². The number of amides is 1. The smallest absolute Gasteiger partial charge is 0.263 e. The lowest BCUT2D eigenvalue weighted by atomic mass is 9.99. The minimum atomic E-state index is -0.261. The van der Waals surface area contributed by atoms with E-state index in [2.05, 4.69) is 25.5 Å². The molecule has 8 nitrogen and oxygen atoms in total. The van der Waals surface area contributed by atoms with Gasteiger partial charge in [0.15, 0.2) is 0 Å². The van der Waals surface area contributed by atoms with Gasteiger partial charge in [0.25, 0.3) is 11.5 Å². The zero-order valence-electron chi connectivity index (χ0n) is 18.3. The van der Waals surface area contributed by atoms with Crippen LogP contribution in [-0.2, 0) is 6.54 Å². The lowest BCUT2D eigenvalue weighted by molar-refractivity contribution is 0.0928. The summed E-state index contributed by atoms with van der Waals surface area (Å²) >= 11 is 0. The maximum atomic E-state index is 13.0. The fourth-order valence-electron chi connectivity index (χ4n) is 4.38. The molecule has 2 saturated heterocycles. The number of nitrogens with zero attached hydrogens (tertiary/aromatic N) is 4. The molecule has 0 spiro atoms. The van der Waals surface area contributed by atoms with Crippen LogP contribution in [0.4, 0.5) is 5.95 Å². The first-order valence-corrected chi connectivity index (χ1v) is 10.9. The van der Waals surface area contributed by atoms with Gasteiger partial charge in [0.2, 0.25) is 5.95 Å². The highest BCUT2D eigenvalue weighted by Crippen LogP contribution is 2.16. The summed E-state index contributed by atoms with van der Waals surface area (Å²) in [6.45, 7) is 6.01. The van der Waals surface area contributed by atoms with Gasteiger partial charge in [-0.15, -0.1) is 24.8 Å². The molecule has 32 heavy (non-hydrogen) atoms. The van der Waals surface area contributed by atoms with Crippen molar-refractivity contribution in [2.75, 3.05) is 31.1 Å². The molecule has 4 heterocycles. The third-order valence-corrected chi connectivity index (χ3v) is 6.12. The van der Waals surface area contributed by atoms with E-state index >= 15 is 0 Å². The molecule has 2 fully saturated rings. The van der Waals surface area contributed by atoms with Gasteiger partial charge in [-0.25, -0.2) is 9.97 Å². The standard InChI is InChI=1S/C22H30N6O2.2ClH/c1-16-5-11-28(15-17-4-2-8-23-14-17)21(30)19(16)20(29)26-18-6-12-27(13-7-18)22-24-9-3-10-25-22;;/h3,5,9-11,17-18,23H,2,4,6-8,12-15H2,1H3,(H,26,29);2*1H. The number of rotatable bonds is 5. The quantitative estimate of drug-likeness (QED) is 0.678. The monoisotopic (exact) mass is 482 g/mol. The van der Waals surface area contributed by atoms with Crippen LogP contribution in [-0.4, -0.2) is 52.7 Å². The van der Waals surface area contributed by atoms with Gasteiger partial charge in [-0.1, -0.05) is 0 Å². The van der Waals surface area contributed by atoms with Crippen molar-refractivity contribution in [1.29, 1.82) is 0 Å². The molecule has 2 N–H and O–H groups in total. The Morgan fingerprint density at radius 3 is 2.56 bits per heavy atom. The molecule has 0 saturated carbocycles. The van der Waals surface area contributed by atoms with Crippen molar-refractivity contribution < 1.29 is 4.79 Å². The van der Waals surface area contributed by atoms with E-state index in [9.17, 15) is 9.59 Å². The van der Waals surface area contributed by atoms with Crippen LogP contribution in [0.15, 0.2) is 35.5 Å².